The SMILES string of the molecule is CC(C)(C)c1nc(C2CC(c3ccc(C(F)(F)F)cc3)CN(C(=O)N3CCOCC3)C2)no1. The number of amides is 2. The molecule has 2 atom stereocenters. The Kier molecular flexibility index (Phi) is 6.39. The molecule has 1 aromatic heterocycles. The van der Waals surface area contributed by atoms with Crippen molar-refractivity contribution in [3.8, 4) is 0 Å². The van der Waals surface area contributed by atoms with E-state index < -0.39 is 11.7 Å². The van der Waals surface area contributed by atoms with Gasteiger partial charge in [-0.3, -0.25) is 0 Å². The number of nitrogens with zero attached hydrogens (tertiary/aromatic N) is 4. The third-order valence-corrected chi connectivity index (χ3v) is 6.16. The lowest BCUT2D eigenvalue weighted by molar-refractivity contribution is -0.137. The second-order valence-electron chi connectivity index (χ2n) is 9.74. The van der Waals surface area contributed by atoms with E-state index in [1.54, 1.807) is 9.80 Å². The summed E-state index contributed by atoms with van der Waals surface area (Å²) in [5, 5.41) is 4.18. The molecule has 10 heteroatoms. The number of alkyl halides is 3. The maximum absolute atomic E-state index is 13.2. The highest BCUT2D eigenvalue weighted by atomic mass is 19.4. The van der Waals surface area contributed by atoms with Crippen molar-refractivity contribution in [1.82, 2.24) is 19.9 Å². The maximum atomic E-state index is 13.2. The first kappa shape index (κ1) is 23.5. The minimum Gasteiger partial charge on any atom is -0.378 e. The molecular formula is C23H29F3N4O3. The molecular weight excluding hydrogens is 437 g/mol. The van der Waals surface area contributed by atoms with E-state index >= 15 is 0 Å². The topological polar surface area (TPSA) is 71.7 Å². The molecule has 7 nitrogen and oxygen atoms in total. The first-order valence-electron chi connectivity index (χ1n) is 11.1. The average Bonchev–Trinajstić information content (AvgIpc) is 3.29. The minimum atomic E-state index is -4.39. The molecule has 180 valence electrons. The number of hydrogen-bond acceptors (Lipinski definition) is 5. The fraction of sp³-hybridized carbons (Fsp3) is 0.609. The molecule has 4 rings (SSSR count). The Morgan fingerprint density at radius 3 is 2.21 bits per heavy atom. The van der Waals surface area contributed by atoms with Gasteiger partial charge in [0.15, 0.2) is 5.82 Å². The van der Waals surface area contributed by atoms with E-state index in [9.17, 15) is 18.0 Å². The van der Waals surface area contributed by atoms with Crippen molar-refractivity contribution in [3.63, 3.8) is 0 Å². The van der Waals surface area contributed by atoms with Gasteiger partial charge in [0, 0.05) is 43.4 Å². The number of morpholine rings is 1. The molecule has 33 heavy (non-hydrogen) atoms. The standard InChI is InChI=1S/C23H29F3N4O3/c1-22(2,3)20-27-19(28-33-20)17-12-16(15-4-6-18(7-5-15)23(24,25)26)13-30(14-17)21(31)29-8-10-32-11-9-29/h4-7,16-17H,8-14H2,1-3H3. The summed E-state index contributed by atoms with van der Waals surface area (Å²) in [6, 6.07) is 5.10. The quantitative estimate of drug-likeness (QED) is 0.656. The smallest absolute Gasteiger partial charge is 0.378 e. The largest absolute Gasteiger partial charge is 0.416 e. The van der Waals surface area contributed by atoms with E-state index in [1.165, 1.54) is 12.1 Å². The van der Waals surface area contributed by atoms with E-state index in [1.807, 2.05) is 20.8 Å². The molecule has 2 aliphatic rings. The van der Waals surface area contributed by atoms with Crippen LogP contribution in [-0.4, -0.2) is 65.4 Å². The van der Waals surface area contributed by atoms with Crippen molar-refractivity contribution in [2.24, 2.45) is 0 Å². The van der Waals surface area contributed by atoms with Crippen LogP contribution in [0.4, 0.5) is 18.0 Å². The Hall–Kier alpha value is -2.62. The molecule has 0 saturated carbocycles. The lowest BCUT2D eigenvalue weighted by Gasteiger charge is -2.40. The third kappa shape index (κ3) is 5.31. The third-order valence-electron chi connectivity index (χ3n) is 6.16. The fourth-order valence-electron chi connectivity index (χ4n) is 4.29. The van der Waals surface area contributed by atoms with Gasteiger partial charge in [-0.1, -0.05) is 38.1 Å². The highest BCUT2D eigenvalue weighted by Gasteiger charge is 2.37. The summed E-state index contributed by atoms with van der Waals surface area (Å²) in [7, 11) is 0. The van der Waals surface area contributed by atoms with Crippen LogP contribution >= 0.6 is 0 Å². The summed E-state index contributed by atoms with van der Waals surface area (Å²) in [4.78, 5) is 21.3. The first-order chi connectivity index (χ1) is 15.5. The highest BCUT2D eigenvalue weighted by molar-refractivity contribution is 5.75. The van der Waals surface area contributed by atoms with E-state index in [4.69, 9.17) is 9.26 Å². The second-order valence-corrected chi connectivity index (χ2v) is 9.74. The second kappa shape index (κ2) is 8.96. The Bertz CT molecular complexity index is 963. The van der Waals surface area contributed by atoms with E-state index in [-0.39, 0.29) is 23.3 Å². The number of carbonyl (C=O) groups excluding carboxylic acids is 1. The van der Waals surface area contributed by atoms with E-state index in [0.29, 0.717) is 57.5 Å². The van der Waals surface area contributed by atoms with Gasteiger partial charge in [-0.2, -0.15) is 18.2 Å². The molecule has 2 aliphatic heterocycles. The molecule has 2 saturated heterocycles. The van der Waals surface area contributed by atoms with Crippen molar-refractivity contribution in [2.75, 3.05) is 39.4 Å². The van der Waals surface area contributed by atoms with Gasteiger partial charge in [-0.05, 0) is 24.1 Å². The Morgan fingerprint density at radius 2 is 1.64 bits per heavy atom. The number of halogens is 3. The number of piperidine rings is 1. The summed E-state index contributed by atoms with van der Waals surface area (Å²) >= 11 is 0. The number of urea groups is 1. The Morgan fingerprint density at radius 1 is 1.00 bits per heavy atom. The highest BCUT2D eigenvalue weighted by Crippen LogP contribution is 2.37. The normalized spacial score (nSPS) is 22.5. The predicted octanol–water partition coefficient (Wildman–Crippen LogP) is 4.41. The van der Waals surface area contributed by atoms with Gasteiger partial charge in [-0.15, -0.1) is 0 Å². The van der Waals surface area contributed by atoms with Gasteiger partial charge in [0.25, 0.3) is 0 Å². The molecule has 2 amide bonds. The number of aromatic nitrogens is 2. The average molecular weight is 467 g/mol. The van der Waals surface area contributed by atoms with Crippen molar-refractivity contribution in [1.29, 1.82) is 0 Å². The fourth-order valence-corrected chi connectivity index (χ4v) is 4.29. The molecule has 1 aromatic carbocycles. The first-order valence-corrected chi connectivity index (χ1v) is 11.1. The molecule has 3 heterocycles. The molecule has 0 spiro atoms. The van der Waals surface area contributed by atoms with Crippen LogP contribution in [0.5, 0.6) is 0 Å². The number of likely N-dealkylation sites (tertiary alicyclic amines) is 1. The van der Waals surface area contributed by atoms with Crippen molar-refractivity contribution in [2.45, 2.75) is 50.6 Å². The molecule has 2 fully saturated rings. The van der Waals surface area contributed by atoms with Crippen LogP contribution in [0, 0.1) is 0 Å². The molecule has 0 radical (unpaired) electrons. The molecule has 2 aromatic rings. The number of ether oxygens (including phenoxy) is 1. The van der Waals surface area contributed by atoms with Gasteiger partial charge in [0.1, 0.15) is 0 Å². The number of hydrogen-bond donors (Lipinski definition) is 0. The summed E-state index contributed by atoms with van der Waals surface area (Å²) in [5.74, 6) is 0.708. The van der Waals surface area contributed by atoms with E-state index in [2.05, 4.69) is 10.1 Å². The van der Waals surface area contributed by atoms with Gasteiger partial charge in [0.05, 0.1) is 18.8 Å². The number of carbonyl (C=O) groups is 1. The predicted molar refractivity (Wildman–Crippen MR) is 114 cm³/mol. The number of benzene rings is 1. The summed E-state index contributed by atoms with van der Waals surface area (Å²) in [5.41, 5.74) is -0.240. The zero-order valence-corrected chi connectivity index (χ0v) is 19.1. The van der Waals surface area contributed by atoms with E-state index in [0.717, 1.165) is 17.7 Å². The zero-order valence-electron chi connectivity index (χ0n) is 19.1. The Labute approximate surface area is 190 Å². The number of rotatable bonds is 2. The van der Waals surface area contributed by atoms with Crippen LogP contribution in [0.25, 0.3) is 0 Å². The van der Waals surface area contributed by atoms with Crippen LogP contribution < -0.4 is 0 Å². The van der Waals surface area contributed by atoms with Crippen LogP contribution in [-0.2, 0) is 16.3 Å². The minimum absolute atomic E-state index is 0.0977. The summed E-state index contributed by atoms with van der Waals surface area (Å²) in [6.07, 6.45) is -3.78. The monoisotopic (exact) mass is 466 g/mol. The zero-order chi connectivity index (χ0) is 23.8. The van der Waals surface area contributed by atoms with Gasteiger partial charge < -0.3 is 19.1 Å². The summed E-state index contributed by atoms with van der Waals surface area (Å²) in [6.45, 7) is 8.79. The van der Waals surface area contributed by atoms with Crippen molar-refractivity contribution < 1.29 is 27.2 Å². The maximum Gasteiger partial charge on any atom is 0.416 e. The van der Waals surface area contributed by atoms with Gasteiger partial charge in [0.2, 0.25) is 5.89 Å². The molecule has 0 bridgehead atoms. The summed E-state index contributed by atoms with van der Waals surface area (Å²) < 4.78 is 49.9. The Balaban J connectivity index is 1.60. The van der Waals surface area contributed by atoms with Gasteiger partial charge >= 0.3 is 12.2 Å². The lowest BCUT2D eigenvalue weighted by Crippen LogP contribution is -2.52. The van der Waals surface area contributed by atoms with Crippen LogP contribution in [0.3, 0.4) is 0 Å². The molecule has 2 unspecified atom stereocenters. The van der Waals surface area contributed by atoms with Crippen LogP contribution in [0.1, 0.15) is 61.9 Å². The van der Waals surface area contributed by atoms with Gasteiger partial charge in [-0.25, -0.2) is 4.79 Å². The van der Waals surface area contributed by atoms with Crippen LogP contribution in [0.15, 0.2) is 28.8 Å². The van der Waals surface area contributed by atoms with Crippen molar-refractivity contribution >= 4 is 6.03 Å². The van der Waals surface area contributed by atoms with Crippen LogP contribution in [0.2, 0.25) is 0 Å². The lowest BCUT2D eigenvalue weighted by atomic mass is 9.84. The molecule has 0 aliphatic carbocycles. The molecule has 0 N–H and O–H groups in total. The van der Waals surface area contributed by atoms with Crippen molar-refractivity contribution in [3.05, 3.63) is 47.1 Å².